The third kappa shape index (κ3) is 4.97. The maximum absolute atomic E-state index is 12.1. The van der Waals surface area contributed by atoms with Crippen molar-refractivity contribution >= 4 is 22.4 Å². The molecule has 3 rings (SSSR count). The van der Waals surface area contributed by atoms with Crippen molar-refractivity contribution < 1.29 is 9.90 Å². The summed E-state index contributed by atoms with van der Waals surface area (Å²) in [6.45, 7) is 5.65. The molecule has 0 spiro atoms. The van der Waals surface area contributed by atoms with Gasteiger partial charge < -0.3 is 10.4 Å². The van der Waals surface area contributed by atoms with Gasteiger partial charge >= 0.3 is 0 Å². The standard InChI is InChI=1S/C16H26N4O2S/c21-11-13-3-7-20(8-4-13)10-15(22)18-16-17-14(12-23-16)9-19-5-1-2-6-19/h12-13,21H,1-11H2,(H,17,18,22). The van der Waals surface area contributed by atoms with Gasteiger partial charge in [-0.25, -0.2) is 4.98 Å². The van der Waals surface area contributed by atoms with Crippen molar-refractivity contribution in [2.75, 3.05) is 44.6 Å². The minimum atomic E-state index is 0.00882. The first-order valence-corrected chi connectivity index (χ1v) is 9.40. The average molecular weight is 338 g/mol. The molecule has 0 atom stereocenters. The lowest BCUT2D eigenvalue weighted by Gasteiger charge is -2.30. The number of thiazole rings is 1. The fraction of sp³-hybridized carbons (Fsp3) is 0.750. The second kappa shape index (κ2) is 8.19. The summed E-state index contributed by atoms with van der Waals surface area (Å²) in [5.74, 6) is 0.413. The highest BCUT2D eigenvalue weighted by molar-refractivity contribution is 7.13. The molecular formula is C16H26N4O2S. The van der Waals surface area contributed by atoms with Crippen molar-refractivity contribution in [3.8, 4) is 0 Å². The number of aliphatic hydroxyl groups is 1. The number of nitrogens with one attached hydrogen (secondary N) is 1. The molecule has 0 aliphatic carbocycles. The van der Waals surface area contributed by atoms with Crippen LogP contribution in [0.3, 0.4) is 0 Å². The second-order valence-corrected chi connectivity index (χ2v) is 7.44. The summed E-state index contributed by atoms with van der Waals surface area (Å²) in [5, 5.41) is 14.8. The van der Waals surface area contributed by atoms with Crippen LogP contribution in [0.5, 0.6) is 0 Å². The van der Waals surface area contributed by atoms with E-state index in [0.29, 0.717) is 17.6 Å². The van der Waals surface area contributed by atoms with Gasteiger partial charge in [0.1, 0.15) is 0 Å². The number of hydrogen-bond acceptors (Lipinski definition) is 6. The minimum Gasteiger partial charge on any atom is -0.396 e. The molecule has 2 fully saturated rings. The Hall–Kier alpha value is -1.02. The number of piperidine rings is 1. The second-order valence-electron chi connectivity index (χ2n) is 6.58. The van der Waals surface area contributed by atoms with E-state index in [1.165, 1.54) is 24.2 Å². The third-order valence-electron chi connectivity index (χ3n) is 4.71. The monoisotopic (exact) mass is 338 g/mol. The van der Waals surface area contributed by atoms with Crippen molar-refractivity contribution in [2.45, 2.75) is 32.2 Å². The summed E-state index contributed by atoms with van der Waals surface area (Å²) in [5.41, 5.74) is 1.05. The van der Waals surface area contributed by atoms with Gasteiger partial charge in [0, 0.05) is 18.5 Å². The van der Waals surface area contributed by atoms with Crippen LogP contribution in [-0.2, 0) is 11.3 Å². The Morgan fingerprint density at radius 3 is 2.70 bits per heavy atom. The molecule has 128 valence electrons. The molecule has 1 aromatic heterocycles. The summed E-state index contributed by atoms with van der Waals surface area (Å²) < 4.78 is 0. The van der Waals surface area contributed by atoms with Crippen LogP contribution in [0, 0.1) is 5.92 Å². The third-order valence-corrected chi connectivity index (χ3v) is 5.52. The van der Waals surface area contributed by atoms with Gasteiger partial charge in [-0.05, 0) is 57.8 Å². The van der Waals surface area contributed by atoms with E-state index in [-0.39, 0.29) is 12.5 Å². The van der Waals surface area contributed by atoms with E-state index in [1.807, 2.05) is 5.38 Å². The van der Waals surface area contributed by atoms with E-state index in [2.05, 4.69) is 20.1 Å². The quantitative estimate of drug-likeness (QED) is 0.820. The first-order valence-electron chi connectivity index (χ1n) is 8.53. The average Bonchev–Trinajstić information content (AvgIpc) is 3.21. The highest BCUT2D eigenvalue weighted by atomic mass is 32.1. The number of carbonyl (C=O) groups excluding carboxylic acids is 1. The molecule has 0 unspecified atom stereocenters. The van der Waals surface area contributed by atoms with Crippen LogP contribution in [0.15, 0.2) is 5.38 Å². The zero-order valence-corrected chi connectivity index (χ0v) is 14.4. The molecule has 6 nitrogen and oxygen atoms in total. The van der Waals surface area contributed by atoms with Crippen LogP contribution < -0.4 is 5.32 Å². The van der Waals surface area contributed by atoms with Gasteiger partial charge in [0.2, 0.25) is 5.91 Å². The molecule has 2 aliphatic rings. The maximum Gasteiger partial charge on any atom is 0.240 e. The van der Waals surface area contributed by atoms with Gasteiger partial charge in [-0.15, -0.1) is 11.3 Å². The van der Waals surface area contributed by atoms with E-state index in [0.717, 1.165) is 51.3 Å². The first-order chi connectivity index (χ1) is 11.2. The molecule has 0 bridgehead atoms. The number of rotatable bonds is 6. The molecule has 3 heterocycles. The van der Waals surface area contributed by atoms with Crippen LogP contribution in [0.4, 0.5) is 5.13 Å². The molecule has 2 N–H and O–H groups in total. The fourth-order valence-electron chi connectivity index (χ4n) is 3.30. The van der Waals surface area contributed by atoms with E-state index in [4.69, 9.17) is 5.11 Å². The number of anilines is 1. The number of aromatic nitrogens is 1. The molecule has 7 heteroatoms. The lowest BCUT2D eigenvalue weighted by Crippen LogP contribution is -2.39. The summed E-state index contributed by atoms with van der Waals surface area (Å²) in [6.07, 6.45) is 4.50. The zero-order valence-electron chi connectivity index (χ0n) is 13.5. The lowest BCUT2D eigenvalue weighted by atomic mass is 9.98. The Labute approximate surface area is 141 Å². The van der Waals surface area contributed by atoms with Crippen LogP contribution in [0.1, 0.15) is 31.4 Å². The van der Waals surface area contributed by atoms with Crippen molar-refractivity contribution in [2.24, 2.45) is 5.92 Å². The number of carbonyl (C=O) groups is 1. The van der Waals surface area contributed by atoms with Gasteiger partial charge in [0.05, 0.1) is 12.2 Å². The van der Waals surface area contributed by atoms with Crippen molar-refractivity contribution in [3.05, 3.63) is 11.1 Å². The van der Waals surface area contributed by atoms with E-state index in [9.17, 15) is 4.79 Å². The van der Waals surface area contributed by atoms with Crippen LogP contribution >= 0.6 is 11.3 Å². The zero-order chi connectivity index (χ0) is 16.1. The number of aliphatic hydroxyl groups excluding tert-OH is 1. The molecule has 2 saturated heterocycles. The molecule has 23 heavy (non-hydrogen) atoms. The summed E-state index contributed by atoms with van der Waals surface area (Å²) in [6, 6.07) is 0. The van der Waals surface area contributed by atoms with Gasteiger partial charge in [-0.3, -0.25) is 14.6 Å². The van der Waals surface area contributed by atoms with Crippen LogP contribution in [-0.4, -0.2) is 65.1 Å². The van der Waals surface area contributed by atoms with Gasteiger partial charge in [0.25, 0.3) is 0 Å². The molecule has 1 amide bonds. The Balaban J connectivity index is 1.42. The summed E-state index contributed by atoms with van der Waals surface area (Å²) >= 11 is 1.51. The predicted octanol–water partition coefficient (Wildman–Crippen LogP) is 1.38. The minimum absolute atomic E-state index is 0.00882. The van der Waals surface area contributed by atoms with E-state index < -0.39 is 0 Å². The van der Waals surface area contributed by atoms with Gasteiger partial charge in [-0.1, -0.05) is 0 Å². The number of nitrogens with zero attached hydrogens (tertiary/aromatic N) is 3. The molecule has 0 aromatic carbocycles. The molecule has 0 saturated carbocycles. The number of likely N-dealkylation sites (tertiary alicyclic amines) is 2. The smallest absolute Gasteiger partial charge is 0.240 e. The van der Waals surface area contributed by atoms with Crippen molar-refractivity contribution in [1.82, 2.24) is 14.8 Å². The Morgan fingerprint density at radius 1 is 1.26 bits per heavy atom. The van der Waals surface area contributed by atoms with Crippen molar-refractivity contribution in [3.63, 3.8) is 0 Å². The van der Waals surface area contributed by atoms with Crippen LogP contribution in [0.25, 0.3) is 0 Å². The SMILES string of the molecule is O=C(CN1CCC(CO)CC1)Nc1nc(CN2CCCC2)cs1. The van der Waals surface area contributed by atoms with Crippen molar-refractivity contribution in [1.29, 1.82) is 0 Å². The molecule has 1 aromatic rings. The topological polar surface area (TPSA) is 68.7 Å². The predicted molar refractivity (Wildman–Crippen MR) is 91.5 cm³/mol. The summed E-state index contributed by atoms with van der Waals surface area (Å²) in [7, 11) is 0. The number of hydrogen-bond donors (Lipinski definition) is 2. The largest absolute Gasteiger partial charge is 0.396 e. The Kier molecular flexibility index (Phi) is 5.99. The van der Waals surface area contributed by atoms with E-state index >= 15 is 0 Å². The lowest BCUT2D eigenvalue weighted by molar-refractivity contribution is -0.117. The molecule has 0 radical (unpaired) electrons. The van der Waals surface area contributed by atoms with Gasteiger partial charge in [0.15, 0.2) is 5.13 Å². The molecule has 2 aliphatic heterocycles. The number of amides is 1. The van der Waals surface area contributed by atoms with Gasteiger partial charge in [-0.2, -0.15) is 0 Å². The Morgan fingerprint density at radius 2 is 2.00 bits per heavy atom. The first kappa shape index (κ1) is 16.8. The fourth-order valence-corrected chi connectivity index (χ4v) is 4.01. The maximum atomic E-state index is 12.1. The normalized spacial score (nSPS) is 20.9. The van der Waals surface area contributed by atoms with E-state index in [1.54, 1.807) is 0 Å². The summed E-state index contributed by atoms with van der Waals surface area (Å²) in [4.78, 5) is 21.2. The highest BCUT2D eigenvalue weighted by Crippen LogP contribution is 2.19. The Bertz CT molecular complexity index is 508. The molecular weight excluding hydrogens is 312 g/mol. The van der Waals surface area contributed by atoms with Crippen LogP contribution in [0.2, 0.25) is 0 Å². The highest BCUT2D eigenvalue weighted by Gasteiger charge is 2.20.